The average Bonchev–Trinajstić information content (AvgIpc) is 1.98. The zero-order valence-electron chi connectivity index (χ0n) is 6.29. The highest BCUT2D eigenvalue weighted by atomic mass is 16.5. The van der Waals surface area contributed by atoms with Crippen LogP contribution in [0.2, 0.25) is 0 Å². The van der Waals surface area contributed by atoms with Crippen LogP contribution in [-0.4, -0.2) is 26.8 Å². The Balaban J connectivity index is 3.27. The van der Waals surface area contributed by atoms with Gasteiger partial charge < -0.3 is 9.47 Å². The standard InChI is InChI=1S/C7H12O3/c1-9-6-4-3-5-7(8)10-2/h3,5H,4,6H2,1-2H3/b5-3-. The summed E-state index contributed by atoms with van der Waals surface area (Å²) in [7, 11) is 2.97. The number of ether oxygens (including phenoxy) is 2. The van der Waals surface area contributed by atoms with E-state index in [1.807, 2.05) is 0 Å². The van der Waals surface area contributed by atoms with Gasteiger partial charge in [-0.15, -0.1) is 0 Å². The third-order valence-corrected chi connectivity index (χ3v) is 0.944. The van der Waals surface area contributed by atoms with Crippen molar-refractivity contribution >= 4 is 5.97 Å². The molecule has 0 aromatic carbocycles. The van der Waals surface area contributed by atoms with Crippen LogP contribution >= 0.6 is 0 Å². The molecule has 0 heterocycles. The van der Waals surface area contributed by atoms with Gasteiger partial charge in [0.15, 0.2) is 0 Å². The van der Waals surface area contributed by atoms with Crippen molar-refractivity contribution in [2.75, 3.05) is 20.8 Å². The third-order valence-electron chi connectivity index (χ3n) is 0.944. The maximum Gasteiger partial charge on any atom is 0.330 e. The van der Waals surface area contributed by atoms with Gasteiger partial charge in [0.25, 0.3) is 0 Å². The van der Waals surface area contributed by atoms with Gasteiger partial charge in [-0.1, -0.05) is 6.08 Å². The summed E-state index contributed by atoms with van der Waals surface area (Å²) in [6, 6.07) is 0. The van der Waals surface area contributed by atoms with Gasteiger partial charge >= 0.3 is 5.97 Å². The minimum atomic E-state index is -0.323. The van der Waals surface area contributed by atoms with E-state index in [2.05, 4.69) is 4.74 Å². The van der Waals surface area contributed by atoms with Gasteiger partial charge in [0.2, 0.25) is 0 Å². The molecule has 3 heteroatoms. The molecule has 3 nitrogen and oxygen atoms in total. The van der Waals surface area contributed by atoms with E-state index in [1.54, 1.807) is 13.2 Å². The lowest BCUT2D eigenvalue weighted by Gasteiger charge is -1.90. The Labute approximate surface area is 60.6 Å². The molecule has 0 aliphatic rings. The zero-order valence-corrected chi connectivity index (χ0v) is 6.29. The van der Waals surface area contributed by atoms with Crippen LogP contribution in [0.1, 0.15) is 6.42 Å². The second-order valence-corrected chi connectivity index (χ2v) is 1.71. The van der Waals surface area contributed by atoms with Crippen molar-refractivity contribution in [3.63, 3.8) is 0 Å². The Morgan fingerprint density at radius 1 is 1.50 bits per heavy atom. The number of carbonyl (C=O) groups is 1. The van der Waals surface area contributed by atoms with Crippen molar-refractivity contribution in [2.45, 2.75) is 6.42 Å². The van der Waals surface area contributed by atoms with Crippen LogP contribution < -0.4 is 0 Å². The normalized spacial score (nSPS) is 10.2. The molecule has 0 radical (unpaired) electrons. The summed E-state index contributed by atoms with van der Waals surface area (Å²) in [6.07, 6.45) is 3.85. The highest BCUT2D eigenvalue weighted by Crippen LogP contribution is 1.84. The maximum atomic E-state index is 10.4. The lowest BCUT2D eigenvalue weighted by atomic mass is 10.4. The van der Waals surface area contributed by atoms with Gasteiger partial charge in [0.05, 0.1) is 7.11 Å². The fourth-order valence-corrected chi connectivity index (χ4v) is 0.433. The molecule has 0 unspecified atom stereocenters. The van der Waals surface area contributed by atoms with E-state index >= 15 is 0 Å². The van der Waals surface area contributed by atoms with Gasteiger partial charge in [0, 0.05) is 19.8 Å². The van der Waals surface area contributed by atoms with Crippen molar-refractivity contribution in [3.05, 3.63) is 12.2 Å². The minimum Gasteiger partial charge on any atom is -0.466 e. The molecule has 0 spiro atoms. The van der Waals surface area contributed by atoms with Crippen molar-refractivity contribution < 1.29 is 14.3 Å². The first-order chi connectivity index (χ1) is 4.81. The molecule has 0 saturated heterocycles. The Morgan fingerprint density at radius 3 is 2.70 bits per heavy atom. The first kappa shape index (κ1) is 9.17. The summed E-state index contributed by atoms with van der Waals surface area (Å²) in [5, 5.41) is 0. The molecule has 58 valence electrons. The molecular formula is C7H12O3. The lowest BCUT2D eigenvalue weighted by Crippen LogP contribution is -1.94. The summed E-state index contributed by atoms with van der Waals surface area (Å²) in [6.45, 7) is 0.632. The molecule has 0 saturated carbocycles. The van der Waals surface area contributed by atoms with E-state index in [-0.39, 0.29) is 5.97 Å². The van der Waals surface area contributed by atoms with Crippen LogP contribution in [0.4, 0.5) is 0 Å². The molecule has 0 aromatic heterocycles. The second kappa shape index (κ2) is 6.29. The first-order valence-electron chi connectivity index (χ1n) is 3.04. The fourth-order valence-electron chi connectivity index (χ4n) is 0.433. The largest absolute Gasteiger partial charge is 0.466 e. The molecule has 10 heavy (non-hydrogen) atoms. The zero-order chi connectivity index (χ0) is 7.82. The number of hydrogen-bond donors (Lipinski definition) is 0. The van der Waals surface area contributed by atoms with Crippen LogP contribution in [0.3, 0.4) is 0 Å². The van der Waals surface area contributed by atoms with Crippen LogP contribution in [0, 0.1) is 0 Å². The van der Waals surface area contributed by atoms with E-state index in [1.165, 1.54) is 13.2 Å². The second-order valence-electron chi connectivity index (χ2n) is 1.71. The van der Waals surface area contributed by atoms with Crippen LogP contribution in [0.15, 0.2) is 12.2 Å². The van der Waals surface area contributed by atoms with Crippen LogP contribution in [-0.2, 0) is 14.3 Å². The smallest absolute Gasteiger partial charge is 0.330 e. The van der Waals surface area contributed by atoms with E-state index in [9.17, 15) is 4.79 Å². The maximum absolute atomic E-state index is 10.4. The fraction of sp³-hybridized carbons (Fsp3) is 0.571. The summed E-state index contributed by atoms with van der Waals surface area (Å²) >= 11 is 0. The Bertz CT molecular complexity index is 118. The van der Waals surface area contributed by atoms with Crippen LogP contribution in [0.5, 0.6) is 0 Å². The topological polar surface area (TPSA) is 35.5 Å². The highest BCUT2D eigenvalue weighted by Gasteiger charge is 1.87. The molecular weight excluding hydrogens is 132 g/mol. The predicted molar refractivity (Wildman–Crippen MR) is 37.6 cm³/mol. The summed E-state index contributed by atoms with van der Waals surface area (Å²) in [5.41, 5.74) is 0. The Kier molecular flexibility index (Phi) is 5.77. The summed E-state index contributed by atoms with van der Waals surface area (Å²) in [4.78, 5) is 10.4. The van der Waals surface area contributed by atoms with Crippen LogP contribution in [0.25, 0.3) is 0 Å². The molecule has 0 aliphatic heterocycles. The third kappa shape index (κ3) is 5.31. The van der Waals surface area contributed by atoms with E-state index in [4.69, 9.17) is 4.74 Å². The Hall–Kier alpha value is -0.830. The quantitative estimate of drug-likeness (QED) is 0.332. The van der Waals surface area contributed by atoms with Crippen molar-refractivity contribution in [3.8, 4) is 0 Å². The average molecular weight is 144 g/mol. The van der Waals surface area contributed by atoms with Gasteiger partial charge in [-0.05, 0) is 6.42 Å². The SMILES string of the molecule is COCC/C=C\C(=O)OC. The summed E-state index contributed by atoms with van der Waals surface area (Å²) in [5.74, 6) is -0.323. The monoisotopic (exact) mass is 144 g/mol. The molecule has 0 amide bonds. The minimum absolute atomic E-state index is 0.323. The highest BCUT2D eigenvalue weighted by molar-refractivity contribution is 5.81. The van der Waals surface area contributed by atoms with Gasteiger partial charge in [-0.3, -0.25) is 0 Å². The lowest BCUT2D eigenvalue weighted by molar-refractivity contribution is -0.134. The molecule has 0 atom stereocenters. The predicted octanol–water partition coefficient (Wildman–Crippen LogP) is 0.752. The van der Waals surface area contributed by atoms with E-state index in [0.29, 0.717) is 6.61 Å². The molecule has 0 N–H and O–H groups in total. The van der Waals surface area contributed by atoms with Gasteiger partial charge in [0.1, 0.15) is 0 Å². The van der Waals surface area contributed by atoms with Crippen molar-refractivity contribution in [2.24, 2.45) is 0 Å². The first-order valence-corrected chi connectivity index (χ1v) is 3.04. The van der Waals surface area contributed by atoms with Crippen molar-refractivity contribution in [1.82, 2.24) is 0 Å². The van der Waals surface area contributed by atoms with Crippen molar-refractivity contribution in [1.29, 1.82) is 0 Å². The number of esters is 1. The molecule has 0 aromatic rings. The number of rotatable bonds is 4. The molecule has 0 bridgehead atoms. The summed E-state index contributed by atoms with van der Waals surface area (Å²) < 4.78 is 9.12. The number of carbonyl (C=O) groups excluding carboxylic acids is 1. The number of hydrogen-bond acceptors (Lipinski definition) is 3. The molecule has 0 aliphatic carbocycles. The molecule has 0 fully saturated rings. The van der Waals surface area contributed by atoms with Gasteiger partial charge in [-0.2, -0.15) is 0 Å². The van der Waals surface area contributed by atoms with Gasteiger partial charge in [-0.25, -0.2) is 4.79 Å². The number of methoxy groups -OCH3 is 2. The molecule has 0 rings (SSSR count). The van der Waals surface area contributed by atoms with E-state index < -0.39 is 0 Å². The Morgan fingerprint density at radius 2 is 2.20 bits per heavy atom. The van der Waals surface area contributed by atoms with E-state index in [0.717, 1.165) is 6.42 Å².